The summed E-state index contributed by atoms with van der Waals surface area (Å²) in [5.74, 6) is 0.422. The van der Waals surface area contributed by atoms with E-state index in [1.165, 1.54) is 19.4 Å². The number of methoxy groups -OCH3 is 1. The zero-order valence-corrected chi connectivity index (χ0v) is 6.56. The van der Waals surface area contributed by atoms with Crippen molar-refractivity contribution in [3.63, 3.8) is 0 Å². The van der Waals surface area contributed by atoms with Crippen LogP contribution in [-0.2, 0) is 4.74 Å². The molecule has 0 aliphatic heterocycles. The summed E-state index contributed by atoms with van der Waals surface area (Å²) in [4.78, 5) is 7.80. The van der Waals surface area contributed by atoms with E-state index in [-0.39, 0.29) is 0 Å². The summed E-state index contributed by atoms with van der Waals surface area (Å²) in [5, 5.41) is 8.37. The molecule has 4 nitrogen and oxygen atoms in total. The van der Waals surface area contributed by atoms with E-state index >= 15 is 0 Å². The van der Waals surface area contributed by atoms with Gasteiger partial charge in [-0.1, -0.05) is 0 Å². The quantitative estimate of drug-likeness (QED) is 0.479. The van der Waals surface area contributed by atoms with Gasteiger partial charge in [-0.2, -0.15) is 5.26 Å². The molecule has 0 aliphatic rings. The molecule has 0 saturated carbocycles. The Balaban J connectivity index is 2.98. The van der Waals surface area contributed by atoms with Gasteiger partial charge in [-0.3, -0.25) is 4.98 Å². The van der Waals surface area contributed by atoms with Crippen molar-refractivity contribution >= 4 is 5.76 Å². The fourth-order valence-electron chi connectivity index (χ4n) is 0.722. The van der Waals surface area contributed by atoms with Crippen molar-refractivity contribution in [2.75, 3.05) is 7.11 Å². The van der Waals surface area contributed by atoms with Crippen LogP contribution in [0.2, 0.25) is 0 Å². The van der Waals surface area contributed by atoms with E-state index in [1.54, 1.807) is 12.4 Å². The molecule has 1 aromatic rings. The molecule has 1 heterocycles. The monoisotopic (exact) mass is 161 g/mol. The molecule has 0 aromatic carbocycles. The van der Waals surface area contributed by atoms with Crippen LogP contribution in [0.5, 0.6) is 0 Å². The molecule has 1 aromatic heterocycles. The molecule has 0 spiro atoms. The third kappa shape index (κ3) is 1.80. The Bertz CT molecular complexity index is 313. The minimum Gasteiger partial charge on any atom is -0.494 e. The molecular weight excluding hydrogens is 154 g/mol. The lowest BCUT2D eigenvalue weighted by atomic mass is 10.3. The second kappa shape index (κ2) is 4.09. The normalized spacial score (nSPS) is 10.5. The molecule has 0 radical (unpaired) electrons. The molecular formula is C8H7N3O. The Morgan fingerprint density at radius 3 is 3.00 bits per heavy atom. The molecule has 0 fully saturated rings. The molecule has 0 atom stereocenters. The molecule has 0 N–H and O–H groups in total. The van der Waals surface area contributed by atoms with Gasteiger partial charge in [-0.25, -0.2) is 4.98 Å². The van der Waals surface area contributed by atoms with Crippen molar-refractivity contribution in [2.24, 2.45) is 0 Å². The maximum atomic E-state index is 8.37. The van der Waals surface area contributed by atoms with Crippen molar-refractivity contribution in [1.82, 2.24) is 9.97 Å². The highest BCUT2D eigenvalue weighted by Crippen LogP contribution is 2.08. The zero-order valence-electron chi connectivity index (χ0n) is 6.56. The fraction of sp³-hybridized carbons (Fsp3) is 0.125. The number of rotatable bonds is 2. The Morgan fingerprint density at radius 2 is 2.50 bits per heavy atom. The van der Waals surface area contributed by atoms with Crippen molar-refractivity contribution in [1.29, 1.82) is 5.26 Å². The summed E-state index contributed by atoms with van der Waals surface area (Å²) >= 11 is 0. The Hall–Kier alpha value is -1.89. The lowest BCUT2D eigenvalue weighted by Gasteiger charge is -2.00. The van der Waals surface area contributed by atoms with Gasteiger partial charge in [0.1, 0.15) is 5.69 Å². The first-order valence-electron chi connectivity index (χ1n) is 3.28. The lowest BCUT2D eigenvalue weighted by Crippen LogP contribution is -1.91. The van der Waals surface area contributed by atoms with E-state index in [4.69, 9.17) is 10.00 Å². The van der Waals surface area contributed by atoms with Gasteiger partial charge in [0, 0.05) is 12.4 Å². The number of ether oxygens (including phenoxy) is 1. The predicted octanol–water partition coefficient (Wildman–Crippen LogP) is 0.987. The maximum Gasteiger partial charge on any atom is 0.156 e. The highest BCUT2D eigenvalue weighted by atomic mass is 16.5. The lowest BCUT2D eigenvalue weighted by molar-refractivity contribution is 0.368. The van der Waals surface area contributed by atoms with Crippen LogP contribution in [0.3, 0.4) is 0 Å². The maximum absolute atomic E-state index is 8.37. The van der Waals surface area contributed by atoms with Gasteiger partial charge >= 0.3 is 0 Å². The van der Waals surface area contributed by atoms with Gasteiger partial charge in [0.25, 0.3) is 0 Å². The van der Waals surface area contributed by atoms with E-state index in [9.17, 15) is 0 Å². The van der Waals surface area contributed by atoms with Crippen LogP contribution >= 0.6 is 0 Å². The molecule has 4 heteroatoms. The largest absolute Gasteiger partial charge is 0.494 e. The summed E-state index contributed by atoms with van der Waals surface area (Å²) in [6.07, 6.45) is 5.92. The smallest absolute Gasteiger partial charge is 0.156 e. The third-order valence-corrected chi connectivity index (χ3v) is 1.23. The van der Waals surface area contributed by atoms with E-state index in [0.29, 0.717) is 11.5 Å². The molecule has 12 heavy (non-hydrogen) atoms. The second-order valence-corrected chi connectivity index (χ2v) is 1.93. The van der Waals surface area contributed by atoms with Crippen LogP contribution in [0.4, 0.5) is 0 Å². The van der Waals surface area contributed by atoms with Crippen LogP contribution in [0.25, 0.3) is 5.76 Å². The third-order valence-electron chi connectivity index (χ3n) is 1.23. The van der Waals surface area contributed by atoms with Gasteiger partial charge in [0.15, 0.2) is 5.76 Å². The average Bonchev–Trinajstić information content (AvgIpc) is 2.15. The number of aromatic nitrogens is 2. The van der Waals surface area contributed by atoms with E-state index in [0.717, 1.165) is 0 Å². The summed E-state index contributed by atoms with van der Waals surface area (Å²) in [5.41, 5.74) is 0.557. The highest BCUT2D eigenvalue weighted by Gasteiger charge is 2.00. The number of hydrogen-bond acceptors (Lipinski definition) is 4. The van der Waals surface area contributed by atoms with Crippen molar-refractivity contribution in [2.45, 2.75) is 0 Å². The van der Waals surface area contributed by atoms with Gasteiger partial charge in [-0.05, 0) is 0 Å². The molecule has 0 bridgehead atoms. The number of allylic oxidation sites excluding steroid dienone is 1. The van der Waals surface area contributed by atoms with Crippen LogP contribution in [0.15, 0.2) is 24.7 Å². The second-order valence-electron chi connectivity index (χ2n) is 1.93. The summed E-state index contributed by atoms with van der Waals surface area (Å²) in [6.45, 7) is 0. The molecule has 1 rings (SSSR count). The zero-order chi connectivity index (χ0) is 8.81. The average molecular weight is 161 g/mol. The molecule has 0 unspecified atom stereocenters. The summed E-state index contributed by atoms with van der Waals surface area (Å²) in [6, 6.07) is 1.86. The minimum absolute atomic E-state index is 0.422. The summed E-state index contributed by atoms with van der Waals surface area (Å²) < 4.78 is 4.91. The number of nitrogens with zero attached hydrogens (tertiary/aromatic N) is 3. The minimum atomic E-state index is 0.422. The predicted molar refractivity (Wildman–Crippen MR) is 42.6 cm³/mol. The first-order chi connectivity index (χ1) is 5.88. The highest BCUT2D eigenvalue weighted by molar-refractivity contribution is 5.57. The Labute approximate surface area is 70.1 Å². The topological polar surface area (TPSA) is 58.8 Å². The molecule has 0 aliphatic carbocycles. The number of nitriles is 1. The standard InChI is InChI=1S/C8H7N3O/c1-12-8(2-3-9)7-6-10-4-5-11-7/h2,4-6H,1H3/b8-2-. The molecule has 0 saturated heterocycles. The van der Waals surface area contributed by atoms with Crippen LogP contribution in [0.1, 0.15) is 5.69 Å². The van der Waals surface area contributed by atoms with Crippen LogP contribution < -0.4 is 0 Å². The Kier molecular flexibility index (Phi) is 2.79. The van der Waals surface area contributed by atoms with Gasteiger partial charge < -0.3 is 4.74 Å². The van der Waals surface area contributed by atoms with Crippen LogP contribution in [-0.4, -0.2) is 17.1 Å². The van der Waals surface area contributed by atoms with Gasteiger partial charge in [0.2, 0.25) is 0 Å². The summed E-state index contributed by atoms with van der Waals surface area (Å²) in [7, 11) is 1.48. The van der Waals surface area contributed by atoms with Gasteiger partial charge in [0.05, 0.1) is 25.5 Å². The van der Waals surface area contributed by atoms with Crippen molar-refractivity contribution in [3.8, 4) is 6.07 Å². The van der Waals surface area contributed by atoms with E-state index in [1.807, 2.05) is 6.07 Å². The first kappa shape index (κ1) is 8.21. The SMILES string of the molecule is CO/C(=C\C#N)c1cnccn1. The van der Waals surface area contributed by atoms with Crippen molar-refractivity contribution in [3.05, 3.63) is 30.4 Å². The first-order valence-corrected chi connectivity index (χ1v) is 3.28. The molecule has 60 valence electrons. The Morgan fingerprint density at radius 1 is 1.67 bits per heavy atom. The van der Waals surface area contributed by atoms with Crippen LogP contribution in [0, 0.1) is 11.3 Å². The molecule has 0 amide bonds. The number of hydrogen-bond donors (Lipinski definition) is 0. The van der Waals surface area contributed by atoms with Crippen molar-refractivity contribution < 1.29 is 4.74 Å². The van der Waals surface area contributed by atoms with E-state index < -0.39 is 0 Å². The van der Waals surface area contributed by atoms with E-state index in [2.05, 4.69) is 9.97 Å². The fourth-order valence-corrected chi connectivity index (χ4v) is 0.722. The van der Waals surface area contributed by atoms with Gasteiger partial charge in [-0.15, -0.1) is 0 Å².